The van der Waals surface area contributed by atoms with Crippen molar-refractivity contribution in [2.75, 3.05) is 44.2 Å². The molecule has 2 atom stereocenters. The van der Waals surface area contributed by atoms with Gasteiger partial charge < -0.3 is 15.0 Å². The fourth-order valence-electron chi connectivity index (χ4n) is 3.46. The molecule has 1 aromatic rings. The first-order chi connectivity index (χ1) is 12.0. The number of halogens is 1. The maximum absolute atomic E-state index is 12.5. The van der Waals surface area contributed by atoms with Crippen LogP contribution in [0.2, 0.25) is 5.02 Å². The topological polar surface area (TPSA) is 70.6 Å². The number of anilines is 1. The number of morpholine rings is 1. The maximum Gasteiger partial charge on any atom is 0.271 e. The highest BCUT2D eigenvalue weighted by molar-refractivity contribution is 6.33. The highest BCUT2D eigenvalue weighted by atomic mass is 35.5. The van der Waals surface area contributed by atoms with Crippen LogP contribution in [0.4, 0.5) is 5.95 Å². The fraction of sp³-hybridized carbons (Fsp3) is 0.706. The van der Waals surface area contributed by atoms with Gasteiger partial charge in [0, 0.05) is 39.3 Å². The second-order valence-corrected chi connectivity index (χ2v) is 7.24. The second-order valence-electron chi connectivity index (χ2n) is 6.83. The molecule has 7 nitrogen and oxygen atoms in total. The number of rotatable bonds is 5. The molecule has 2 fully saturated rings. The Morgan fingerprint density at radius 2 is 2.00 bits per heavy atom. The molecule has 2 saturated heterocycles. The zero-order chi connectivity index (χ0) is 17.8. The van der Waals surface area contributed by atoms with Crippen LogP contribution in [0.25, 0.3) is 0 Å². The van der Waals surface area contributed by atoms with Gasteiger partial charge in [0.25, 0.3) is 5.91 Å². The van der Waals surface area contributed by atoms with Crippen LogP contribution < -0.4 is 10.2 Å². The lowest BCUT2D eigenvalue weighted by Crippen LogP contribution is -2.47. The first-order valence-corrected chi connectivity index (χ1v) is 9.34. The Hall–Kier alpha value is -1.44. The molecule has 0 spiro atoms. The number of hydrogen-bond donors (Lipinski definition) is 1. The fourth-order valence-corrected chi connectivity index (χ4v) is 3.64. The van der Waals surface area contributed by atoms with E-state index in [0.29, 0.717) is 12.5 Å². The van der Waals surface area contributed by atoms with Crippen LogP contribution in [0, 0.1) is 0 Å². The Morgan fingerprint density at radius 3 is 2.68 bits per heavy atom. The first kappa shape index (κ1) is 18.4. The highest BCUT2D eigenvalue weighted by Crippen LogP contribution is 2.19. The summed E-state index contributed by atoms with van der Waals surface area (Å²) in [4.78, 5) is 25.5. The SMILES string of the molecule is CC1CN(CCNC(=O)c2nc(N3CCCC3)ncc2Cl)CC(C)O1. The van der Waals surface area contributed by atoms with Crippen LogP contribution in [0.1, 0.15) is 37.2 Å². The zero-order valence-corrected chi connectivity index (χ0v) is 15.6. The van der Waals surface area contributed by atoms with Crippen LogP contribution in [-0.4, -0.2) is 72.3 Å². The van der Waals surface area contributed by atoms with E-state index >= 15 is 0 Å². The van der Waals surface area contributed by atoms with Gasteiger partial charge in [-0.15, -0.1) is 0 Å². The van der Waals surface area contributed by atoms with Crippen molar-refractivity contribution in [2.45, 2.75) is 38.9 Å². The van der Waals surface area contributed by atoms with Crippen molar-refractivity contribution in [3.8, 4) is 0 Å². The number of aromatic nitrogens is 2. The van der Waals surface area contributed by atoms with Gasteiger partial charge in [0.2, 0.25) is 5.95 Å². The van der Waals surface area contributed by atoms with E-state index in [4.69, 9.17) is 16.3 Å². The monoisotopic (exact) mass is 367 g/mol. The molecule has 1 amide bonds. The molecule has 2 unspecified atom stereocenters. The van der Waals surface area contributed by atoms with Gasteiger partial charge in [-0.25, -0.2) is 9.97 Å². The summed E-state index contributed by atoms with van der Waals surface area (Å²) in [6.45, 7) is 9.10. The molecule has 138 valence electrons. The van der Waals surface area contributed by atoms with Crippen LogP contribution in [0.5, 0.6) is 0 Å². The summed E-state index contributed by atoms with van der Waals surface area (Å²) in [6, 6.07) is 0. The van der Waals surface area contributed by atoms with E-state index in [1.165, 1.54) is 6.20 Å². The van der Waals surface area contributed by atoms with Crippen LogP contribution in [0.3, 0.4) is 0 Å². The molecule has 1 N–H and O–H groups in total. The van der Waals surface area contributed by atoms with E-state index in [1.54, 1.807) is 0 Å². The summed E-state index contributed by atoms with van der Waals surface area (Å²) in [6.07, 6.45) is 4.22. The first-order valence-electron chi connectivity index (χ1n) is 8.96. The number of amides is 1. The van der Waals surface area contributed by atoms with Crippen molar-refractivity contribution in [3.63, 3.8) is 0 Å². The molecule has 2 aliphatic heterocycles. The third-order valence-corrected chi connectivity index (χ3v) is 4.82. The van der Waals surface area contributed by atoms with Gasteiger partial charge in [-0.05, 0) is 26.7 Å². The normalized spacial score (nSPS) is 24.5. The predicted octanol–water partition coefficient (Wildman–Crippen LogP) is 1.57. The summed E-state index contributed by atoms with van der Waals surface area (Å²) in [7, 11) is 0. The van der Waals surface area contributed by atoms with Crippen molar-refractivity contribution in [2.24, 2.45) is 0 Å². The Kier molecular flexibility index (Phi) is 6.09. The van der Waals surface area contributed by atoms with Crippen molar-refractivity contribution in [1.82, 2.24) is 20.2 Å². The quantitative estimate of drug-likeness (QED) is 0.851. The maximum atomic E-state index is 12.5. The minimum Gasteiger partial charge on any atom is -0.373 e. The second kappa shape index (κ2) is 8.29. The molecular formula is C17H26ClN5O2. The number of ether oxygens (including phenoxy) is 1. The number of carbonyl (C=O) groups is 1. The van der Waals surface area contributed by atoms with E-state index in [1.807, 2.05) is 0 Å². The molecule has 3 heterocycles. The molecule has 1 aromatic heterocycles. The molecule has 0 aromatic carbocycles. The van der Waals surface area contributed by atoms with Gasteiger partial charge in [-0.2, -0.15) is 0 Å². The number of nitrogens with one attached hydrogen (secondary N) is 1. The van der Waals surface area contributed by atoms with Gasteiger partial charge in [0.1, 0.15) is 0 Å². The van der Waals surface area contributed by atoms with E-state index in [0.717, 1.165) is 45.6 Å². The number of carbonyl (C=O) groups excluding carboxylic acids is 1. The van der Waals surface area contributed by atoms with Gasteiger partial charge in [-0.1, -0.05) is 11.6 Å². The lowest BCUT2D eigenvalue weighted by molar-refractivity contribution is -0.0672. The van der Waals surface area contributed by atoms with Crippen LogP contribution in [0.15, 0.2) is 6.20 Å². The van der Waals surface area contributed by atoms with Gasteiger partial charge >= 0.3 is 0 Å². The van der Waals surface area contributed by atoms with Crippen molar-refractivity contribution in [1.29, 1.82) is 0 Å². The highest BCUT2D eigenvalue weighted by Gasteiger charge is 2.23. The predicted molar refractivity (Wildman–Crippen MR) is 97.3 cm³/mol. The van der Waals surface area contributed by atoms with Crippen molar-refractivity contribution in [3.05, 3.63) is 16.9 Å². The van der Waals surface area contributed by atoms with Gasteiger partial charge in [0.05, 0.1) is 23.4 Å². The zero-order valence-electron chi connectivity index (χ0n) is 14.9. The summed E-state index contributed by atoms with van der Waals surface area (Å²) in [5, 5.41) is 3.21. The molecular weight excluding hydrogens is 342 g/mol. The van der Waals surface area contributed by atoms with Gasteiger partial charge in [0.15, 0.2) is 5.69 Å². The third kappa shape index (κ3) is 4.80. The molecule has 3 rings (SSSR count). The molecule has 25 heavy (non-hydrogen) atoms. The van der Waals surface area contributed by atoms with Crippen molar-refractivity contribution >= 4 is 23.5 Å². The Bertz CT molecular complexity index is 599. The van der Waals surface area contributed by atoms with Crippen LogP contribution >= 0.6 is 11.6 Å². The van der Waals surface area contributed by atoms with E-state index in [2.05, 4.69) is 38.9 Å². The average molecular weight is 368 g/mol. The Morgan fingerprint density at radius 1 is 1.32 bits per heavy atom. The van der Waals surface area contributed by atoms with E-state index < -0.39 is 0 Å². The molecule has 8 heteroatoms. The largest absolute Gasteiger partial charge is 0.373 e. The summed E-state index contributed by atoms with van der Waals surface area (Å²) in [5.41, 5.74) is 0.252. The molecule has 2 aliphatic rings. The molecule has 0 saturated carbocycles. The van der Waals surface area contributed by atoms with E-state index in [-0.39, 0.29) is 28.8 Å². The Labute approximate surface area is 153 Å². The van der Waals surface area contributed by atoms with E-state index in [9.17, 15) is 4.79 Å². The molecule has 0 bridgehead atoms. The smallest absolute Gasteiger partial charge is 0.271 e. The van der Waals surface area contributed by atoms with Crippen LogP contribution in [-0.2, 0) is 4.74 Å². The summed E-state index contributed by atoms with van der Waals surface area (Å²) >= 11 is 6.13. The Balaban J connectivity index is 1.55. The summed E-state index contributed by atoms with van der Waals surface area (Å²) < 4.78 is 5.72. The average Bonchev–Trinajstić information content (AvgIpc) is 3.08. The lowest BCUT2D eigenvalue weighted by Gasteiger charge is -2.35. The standard InChI is InChI=1S/C17H26ClN5O2/c1-12-10-22(11-13(2)25-12)8-5-19-16(24)15-14(18)9-20-17(21-15)23-6-3-4-7-23/h9,12-13H,3-8,10-11H2,1-2H3,(H,19,24). The van der Waals surface area contributed by atoms with Crippen molar-refractivity contribution < 1.29 is 9.53 Å². The van der Waals surface area contributed by atoms with Gasteiger partial charge in [-0.3, -0.25) is 9.69 Å². The third-order valence-electron chi connectivity index (χ3n) is 4.54. The molecule has 0 aliphatic carbocycles. The minimum absolute atomic E-state index is 0.221. The minimum atomic E-state index is -0.248. The molecule has 0 radical (unpaired) electrons. The number of nitrogens with zero attached hydrogens (tertiary/aromatic N) is 4. The number of hydrogen-bond acceptors (Lipinski definition) is 6. The summed E-state index contributed by atoms with van der Waals surface area (Å²) in [5.74, 6) is 0.338. The lowest BCUT2D eigenvalue weighted by atomic mass is 10.2.